The van der Waals surface area contributed by atoms with Crippen LogP contribution in [0.1, 0.15) is 0 Å². The number of ether oxygens (including phenoxy) is 2. The molecular formula is C22H15F2N5O2. The third-order valence-electron chi connectivity index (χ3n) is 5.00. The fourth-order valence-corrected chi connectivity index (χ4v) is 3.46. The maximum Gasteiger partial charge on any atom is 0.185 e. The molecule has 0 amide bonds. The van der Waals surface area contributed by atoms with Gasteiger partial charge in [0.25, 0.3) is 0 Å². The van der Waals surface area contributed by atoms with E-state index in [4.69, 9.17) is 9.47 Å². The molecule has 3 heterocycles. The molecule has 0 aliphatic rings. The Kier molecular flexibility index (Phi) is 4.43. The average molecular weight is 419 g/mol. The molecule has 0 saturated carbocycles. The molecule has 0 radical (unpaired) electrons. The van der Waals surface area contributed by atoms with Gasteiger partial charge in [-0.05, 0) is 18.2 Å². The highest BCUT2D eigenvalue weighted by Crippen LogP contribution is 2.37. The minimum absolute atomic E-state index is 0.166. The van der Waals surface area contributed by atoms with E-state index in [9.17, 15) is 8.78 Å². The number of hydrogen-bond acceptors (Lipinski definition) is 6. The first-order valence-corrected chi connectivity index (χ1v) is 9.27. The number of aromatic amines is 1. The fraction of sp³-hybridized carbons (Fsp3) is 0.0909. The van der Waals surface area contributed by atoms with E-state index in [1.165, 1.54) is 20.4 Å². The van der Waals surface area contributed by atoms with E-state index in [1.54, 1.807) is 6.20 Å². The molecule has 7 nitrogen and oxygen atoms in total. The van der Waals surface area contributed by atoms with Gasteiger partial charge in [0.2, 0.25) is 0 Å². The lowest BCUT2D eigenvalue weighted by Crippen LogP contribution is -2.01. The molecule has 0 bridgehead atoms. The molecule has 3 aromatic heterocycles. The van der Waals surface area contributed by atoms with Gasteiger partial charge in [0.1, 0.15) is 0 Å². The van der Waals surface area contributed by atoms with Crippen molar-refractivity contribution in [3.63, 3.8) is 0 Å². The van der Waals surface area contributed by atoms with Crippen molar-refractivity contribution in [2.75, 3.05) is 14.2 Å². The molecule has 2 aromatic carbocycles. The second-order valence-corrected chi connectivity index (χ2v) is 6.72. The number of nitrogens with one attached hydrogen (secondary N) is 1. The van der Waals surface area contributed by atoms with Crippen LogP contribution in [-0.4, -0.2) is 39.4 Å². The lowest BCUT2D eigenvalue weighted by molar-refractivity contribution is 0.359. The van der Waals surface area contributed by atoms with Gasteiger partial charge in [0.15, 0.2) is 34.6 Å². The fourth-order valence-electron chi connectivity index (χ4n) is 3.46. The van der Waals surface area contributed by atoms with Crippen LogP contribution in [0.2, 0.25) is 0 Å². The first-order chi connectivity index (χ1) is 15.1. The summed E-state index contributed by atoms with van der Waals surface area (Å²) in [4.78, 5) is 12.8. The molecule has 31 heavy (non-hydrogen) atoms. The normalized spacial score (nSPS) is 11.2. The predicted molar refractivity (Wildman–Crippen MR) is 111 cm³/mol. The number of aromatic nitrogens is 5. The van der Waals surface area contributed by atoms with Crippen LogP contribution in [0.4, 0.5) is 8.78 Å². The second-order valence-electron chi connectivity index (χ2n) is 6.72. The molecule has 154 valence electrons. The quantitative estimate of drug-likeness (QED) is 0.461. The molecule has 0 unspecified atom stereocenters. The van der Waals surface area contributed by atoms with Gasteiger partial charge in [-0.1, -0.05) is 12.1 Å². The van der Waals surface area contributed by atoms with Gasteiger partial charge in [0.05, 0.1) is 36.4 Å². The van der Waals surface area contributed by atoms with E-state index in [2.05, 4.69) is 25.1 Å². The third kappa shape index (κ3) is 3.02. The smallest absolute Gasteiger partial charge is 0.185 e. The van der Waals surface area contributed by atoms with Gasteiger partial charge in [0, 0.05) is 29.4 Å². The largest absolute Gasteiger partial charge is 0.494 e. The maximum atomic E-state index is 14.8. The highest BCUT2D eigenvalue weighted by Gasteiger charge is 2.24. The molecule has 0 aliphatic carbocycles. The SMILES string of the molecule is COc1cc(OC)c(F)c(-c2ncc3c(-c4ccc5ncccc5c4)[nH]nc3n2)c1F. The Morgan fingerprint density at radius 3 is 2.45 bits per heavy atom. The van der Waals surface area contributed by atoms with Crippen LogP contribution in [0.15, 0.2) is 48.8 Å². The van der Waals surface area contributed by atoms with E-state index in [1.807, 2.05) is 30.3 Å². The standard InChI is InChI=1S/C22H15F2N5O2/c1-30-15-9-16(31-2)19(24)17(18(15)23)22-26-10-13-20(28-29-21(13)27-22)12-5-6-14-11(8-12)4-3-7-25-14/h3-10H,1-2H3,(H,26,27,28,29). The summed E-state index contributed by atoms with van der Waals surface area (Å²) in [5, 5.41) is 8.72. The Morgan fingerprint density at radius 2 is 1.71 bits per heavy atom. The summed E-state index contributed by atoms with van der Waals surface area (Å²) in [5.41, 5.74) is 2.24. The van der Waals surface area contributed by atoms with Gasteiger partial charge in [-0.3, -0.25) is 10.1 Å². The number of fused-ring (bicyclic) bond motifs is 2. The number of benzene rings is 2. The van der Waals surface area contributed by atoms with Crippen molar-refractivity contribution in [2.24, 2.45) is 0 Å². The Balaban J connectivity index is 1.65. The highest BCUT2D eigenvalue weighted by atomic mass is 19.1. The average Bonchev–Trinajstić information content (AvgIpc) is 3.22. The van der Waals surface area contributed by atoms with Crippen molar-refractivity contribution < 1.29 is 18.3 Å². The highest BCUT2D eigenvalue weighted by molar-refractivity contribution is 5.94. The predicted octanol–water partition coefficient (Wildman–Crippen LogP) is 4.53. The van der Waals surface area contributed by atoms with Crippen molar-refractivity contribution in [3.05, 3.63) is 60.4 Å². The third-order valence-corrected chi connectivity index (χ3v) is 5.00. The Labute approximate surface area is 174 Å². The van der Waals surface area contributed by atoms with Crippen LogP contribution in [0.3, 0.4) is 0 Å². The van der Waals surface area contributed by atoms with Crippen LogP contribution < -0.4 is 9.47 Å². The number of pyridine rings is 1. The molecule has 5 rings (SSSR count). The van der Waals surface area contributed by atoms with Gasteiger partial charge in [-0.25, -0.2) is 18.7 Å². The van der Waals surface area contributed by atoms with Crippen LogP contribution in [-0.2, 0) is 0 Å². The van der Waals surface area contributed by atoms with Gasteiger partial charge in [-0.15, -0.1) is 0 Å². The van der Waals surface area contributed by atoms with Crippen molar-refractivity contribution in [1.82, 2.24) is 25.1 Å². The first-order valence-electron chi connectivity index (χ1n) is 9.27. The number of H-pyrrole nitrogens is 1. The minimum Gasteiger partial charge on any atom is -0.494 e. The number of rotatable bonds is 4. The number of hydrogen-bond donors (Lipinski definition) is 1. The lowest BCUT2D eigenvalue weighted by atomic mass is 10.1. The first kappa shape index (κ1) is 18.9. The molecule has 0 atom stereocenters. The summed E-state index contributed by atoms with van der Waals surface area (Å²) in [6, 6.07) is 10.7. The molecule has 0 fully saturated rings. The second kappa shape index (κ2) is 7.28. The minimum atomic E-state index is -0.919. The summed E-state index contributed by atoms with van der Waals surface area (Å²) in [5.74, 6) is -2.36. The van der Waals surface area contributed by atoms with Gasteiger partial charge < -0.3 is 9.47 Å². The van der Waals surface area contributed by atoms with E-state index in [0.717, 1.165) is 22.5 Å². The maximum absolute atomic E-state index is 14.8. The molecule has 1 N–H and O–H groups in total. The van der Waals surface area contributed by atoms with E-state index in [-0.39, 0.29) is 23.0 Å². The summed E-state index contributed by atoms with van der Waals surface area (Å²) in [7, 11) is 2.56. The molecule has 0 aliphatic heterocycles. The molecule has 5 aromatic rings. The zero-order valence-electron chi connectivity index (χ0n) is 16.5. The summed E-state index contributed by atoms with van der Waals surface area (Å²) in [6.07, 6.45) is 3.21. The lowest BCUT2D eigenvalue weighted by Gasteiger charge is -2.11. The summed E-state index contributed by atoms with van der Waals surface area (Å²) in [6.45, 7) is 0. The molecule has 9 heteroatoms. The molecular weight excluding hydrogens is 404 g/mol. The van der Waals surface area contributed by atoms with Crippen LogP contribution >= 0.6 is 0 Å². The number of nitrogens with zero attached hydrogens (tertiary/aromatic N) is 4. The van der Waals surface area contributed by atoms with Crippen molar-refractivity contribution in [3.8, 4) is 34.1 Å². The van der Waals surface area contributed by atoms with Gasteiger partial charge in [-0.2, -0.15) is 5.10 Å². The topological polar surface area (TPSA) is 85.8 Å². The van der Waals surface area contributed by atoms with E-state index >= 15 is 0 Å². The van der Waals surface area contributed by atoms with Gasteiger partial charge >= 0.3 is 0 Å². The molecule has 0 saturated heterocycles. The van der Waals surface area contributed by atoms with Crippen molar-refractivity contribution >= 4 is 21.9 Å². The van der Waals surface area contributed by atoms with E-state index in [0.29, 0.717) is 11.1 Å². The zero-order chi connectivity index (χ0) is 21.5. The summed E-state index contributed by atoms with van der Waals surface area (Å²) < 4.78 is 39.6. The van der Waals surface area contributed by atoms with Crippen molar-refractivity contribution in [2.45, 2.75) is 0 Å². The monoisotopic (exact) mass is 419 g/mol. The Bertz CT molecular complexity index is 1420. The zero-order valence-corrected chi connectivity index (χ0v) is 16.5. The van der Waals surface area contributed by atoms with Crippen molar-refractivity contribution in [1.29, 1.82) is 0 Å². The van der Waals surface area contributed by atoms with Crippen LogP contribution in [0.5, 0.6) is 11.5 Å². The summed E-state index contributed by atoms with van der Waals surface area (Å²) >= 11 is 0. The number of methoxy groups -OCH3 is 2. The molecule has 0 spiro atoms. The Morgan fingerprint density at radius 1 is 0.935 bits per heavy atom. The Hall–Kier alpha value is -4.14. The van der Waals surface area contributed by atoms with Crippen LogP contribution in [0, 0.1) is 11.6 Å². The van der Waals surface area contributed by atoms with Crippen LogP contribution in [0.25, 0.3) is 44.6 Å². The number of halogens is 2. The van der Waals surface area contributed by atoms with E-state index < -0.39 is 17.2 Å².